The zero-order valence-electron chi connectivity index (χ0n) is 8.44. The lowest BCUT2D eigenvalue weighted by Gasteiger charge is -2.10. The van der Waals surface area contributed by atoms with Crippen LogP contribution in [0.4, 0.5) is 0 Å². The van der Waals surface area contributed by atoms with E-state index in [1.807, 2.05) is 0 Å². The van der Waals surface area contributed by atoms with Crippen LogP contribution in [0.15, 0.2) is 0 Å². The van der Waals surface area contributed by atoms with E-state index in [9.17, 15) is 9.59 Å². The minimum absolute atomic E-state index is 0.121. The highest BCUT2D eigenvalue weighted by atomic mass is 16.7. The van der Waals surface area contributed by atoms with E-state index in [2.05, 4.69) is 5.48 Å². The Bertz CT molecular complexity index is 273. The van der Waals surface area contributed by atoms with Gasteiger partial charge in [-0.1, -0.05) is 12.8 Å². The lowest BCUT2D eigenvalue weighted by Crippen LogP contribution is -2.30. The van der Waals surface area contributed by atoms with E-state index in [-0.39, 0.29) is 17.9 Å². The first-order chi connectivity index (χ1) is 7.18. The molecule has 0 heterocycles. The molecule has 2 atom stereocenters. The van der Waals surface area contributed by atoms with Crippen molar-refractivity contribution in [1.82, 2.24) is 5.48 Å². The number of amides is 1. The number of carboxylic acids is 1. The molecule has 0 aromatic heterocycles. The van der Waals surface area contributed by atoms with E-state index in [1.54, 1.807) is 0 Å². The van der Waals surface area contributed by atoms with Crippen molar-refractivity contribution in [3.8, 4) is 0 Å². The Kier molecular flexibility index (Phi) is 2.90. The molecule has 2 fully saturated rings. The summed E-state index contributed by atoms with van der Waals surface area (Å²) in [7, 11) is 0. The summed E-state index contributed by atoms with van der Waals surface area (Å²) >= 11 is 0. The number of carbonyl (C=O) groups excluding carboxylic acids is 1. The van der Waals surface area contributed by atoms with E-state index >= 15 is 0 Å². The van der Waals surface area contributed by atoms with Crippen LogP contribution >= 0.6 is 0 Å². The minimum atomic E-state index is -0.893. The molecule has 0 aromatic rings. The second-order valence-corrected chi connectivity index (χ2v) is 4.28. The van der Waals surface area contributed by atoms with Crippen molar-refractivity contribution in [1.29, 1.82) is 0 Å². The van der Waals surface area contributed by atoms with Gasteiger partial charge in [0.25, 0.3) is 0 Å². The van der Waals surface area contributed by atoms with Gasteiger partial charge in [-0.2, -0.15) is 0 Å². The molecule has 5 nitrogen and oxygen atoms in total. The molecule has 2 aliphatic rings. The minimum Gasteiger partial charge on any atom is -0.481 e. The van der Waals surface area contributed by atoms with Gasteiger partial charge < -0.3 is 5.11 Å². The maximum atomic E-state index is 11.4. The molecular weight excluding hydrogens is 198 g/mol. The van der Waals surface area contributed by atoms with Crippen LogP contribution in [0.5, 0.6) is 0 Å². The maximum absolute atomic E-state index is 11.4. The molecule has 0 saturated heterocycles. The van der Waals surface area contributed by atoms with Crippen molar-refractivity contribution in [3.05, 3.63) is 0 Å². The van der Waals surface area contributed by atoms with Crippen LogP contribution in [-0.4, -0.2) is 23.1 Å². The Morgan fingerprint density at radius 2 is 1.87 bits per heavy atom. The molecule has 2 rings (SSSR count). The lowest BCUT2D eigenvalue weighted by molar-refractivity contribution is -0.144. The lowest BCUT2D eigenvalue weighted by atomic mass is 10.3. The second-order valence-electron chi connectivity index (χ2n) is 4.28. The predicted molar refractivity (Wildman–Crippen MR) is 50.7 cm³/mol. The number of nitrogens with one attached hydrogen (secondary N) is 1. The van der Waals surface area contributed by atoms with Gasteiger partial charge in [0.1, 0.15) is 0 Å². The first-order valence-corrected chi connectivity index (χ1v) is 5.37. The van der Waals surface area contributed by atoms with Crippen molar-refractivity contribution < 1.29 is 19.5 Å². The number of hydrogen-bond acceptors (Lipinski definition) is 3. The van der Waals surface area contributed by atoms with Crippen LogP contribution < -0.4 is 5.48 Å². The summed E-state index contributed by atoms with van der Waals surface area (Å²) in [6.07, 6.45) is 4.80. The van der Waals surface area contributed by atoms with Crippen LogP contribution in [0.3, 0.4) is 0 Å². The van der Waals surface area contributed by atoms with E-state index in [0.29, 0.717) is 6.42 Å². The molecule has 1 amide bonds. The molecule has 84 valence electrons. The molecule has 15 heavy (non-hydrogen) atoms. The molecule has 0 aromatic carbocycles. The number of hydroxylamine groups is 1. The third-order valence-corrected chi connectivity index (χ3v) is 3.07. The van der Waals surface area contributed by atoms with Gasteiger partial charge in [-0.25, -0.2) is 5.48 Å². The Balaban J connectivity index is 1.67. The number of hydrogen-bond donors (Lipinski definition) is 2. The summed E-state index contributed by atoms with van der Waals surface area (Å²) < 4.78 is 0. The van der Waals surface area contributed by atoms with Gasteiger partial charge in [0.05, 0.1) is 17.9 Å². The zero-order valence-corrected chi connectivity index (χ0v) is 8.44. The molecule has 2 saturated carbocycles. The van der Waals surface area contributed by atoms with Crippen molar-refractivity contribution in [2.75, 3.05) is 0 Å². The van der Waals surface area contributed by atoms with Crippen molar-refractivity contribution in [2.24, 2.45) is 11.8 Å². The SMILES string of the molecule is O=C(O)C1CC1C(=O)NOC1CCCC1. The van der Waals surface area contributed by atoms with E-state index in [4.69, 9.17) is 9.94 Å². The second kappa shape index (κ2) is 4.18. The standard InChI is InChI=1S/C10H15NO4/c12-9(7-5-8(7)10(13)14)11-15-6-3-1-2-4-6/h6-8H,1-5H2,(H,11,12)(H,13,14). The van der Waals surface area contributed by atoms with E-state index in [1.165, 1.54) is 0 Å². The quantitative estimate of drug-likeness (QED) is 0.674. The monoisotopic (exact) mass is 213 g/mol. The van der Waals surface area contributed by atoms with Crippen molar-refractivity contribution in [2.45, 2.75) is 38.2 Å². The Morgan fingerprint density at radius 1 is 1.20 bits per heavy atom. The Morgan fingerprint density at radius 3 is 2.40 bits per heavy atom. The fourth-order valence-corrected chi connectivity index (χ4v) is 1.98. The average Bonchev–Trinajstić information content (AvgIpc) is 2.85. The zero-order chi connectivity index (χ0) is 10.8. The molecule has 0 bridgehead atoms. The molecule has 2 N–H and O–H groups in total. The maximum Gasteiger partial charge on any atom is 0.307 e. The molecule has 0 radical (unpaired) electrons. The average molecular weight is 213 g/mol. The van der Waals surface area contributed by atoms with Gasteiger partial charge in [-0.05, 0) is 19.3 Å². The van der Waals surface area contributed by atoms with Crippen LogP contribution in [0.25, 0.3) is 0 Å². The first-order valence-electron chi connectivity index (χ1n) is 5.37. The van der Waals surface area contributed by atoms with E-state index < -0.39 is 11.9 Å². The van der Waals surface area contributed by atoms with Gasteiger partial charge in [0.2, 0.25) is 5.91 Å². The molecule has 0 aliphatic heterocycles. The third-order valence-electron chi connectivity index (χ3n) is 3.07. The number of carboxylic acid groups (broad SMARTS) is 1. The molecular formula is C10H15NO4. The number of carbonyl (C=O) groups is 2. The molecule has 0 spiro atoms. The Hall–Kier alpha value is -1.10. The predicted octanol–water partition coefficient (Wildman–Crippen LogP) is 0.697. The topological polar surface area (TPSA) is 75.6 Å². The van der Waals surface area contributed by atoms with Crippen molar-refractivity contribution in [3.63, 3.8) is 0 Å². The number of rotatable bonds is 4. The van der Waals surface area contributed by atoms with E-state index in [0.717, 1.165) is 25.7 Å². The van der Waals surface area contributed by atoms with Crippen LogP contribution in [0.2, 0.25) is 0 Å². The van der Waals surface area contributed by atoms with Crippen LogP contribution in [-0.2, 0) is 14.4 Å². The Labute approximate surface area is 87.7 Å². The van der Waals surface area contributed by atoms with Gasteiger partial charge in [0, 0.05) is 0 Å². The largest absolute Gasteiger partial charge is 0.481 e. The smallest absolute Gasteiger partial charge is 0.307 e. The summed E-state index contributed by atoms with van der Waals surface area (Å²) in [5.74, 6) is -2.06. The van der Waals surface area contributed by atoms with Gasteiger partial charge in [0.15, 0.2) is 0 Å². The van der Waals surface area contributed by atoms with Gasteiger partial charge >= 0.3 is 5.97 Å². The molecule has 2 aliphatic carbocycles. The molecule has 5 heteroatoms. The fraction of sp³-hybridized carbons (Fsp3) is 0.800. The normalized spacial score (nSPS) is 30.1. The first kappa shape index (κ1) is 10.4. The number of aliphatic carboxylic acids is 1. The summed E-state index contributed by atoms with van der Waals surface area (Å²) in [4.78, 5) is 27.1. The molecule has 2 unspecified atom stereocenters. The summed E-state index contributed by atoms with van der Waals surface area (Å²) in [5.41, 5.74) is 2.37. The van der Waals surface area contributed by atoms with Crippen LogP contribution in [0.1, 0.15) is 32.1 Å². The van der Waals surface area contributed by atoms with Crippen LogP contribution in [0, 0.1) is 11.8 Å². The third kappa shape index (κ3) is 2.47. The van der Waals surface area contributed by atoms with Crippen molar-refractivity contribution >= 4 is 11.9 Å². The highest BCUT2D eigenvalue weighted by molar-refractivity contribution is 5.88. The highest BCUT2D eigenvalue weighted by Crippen LogP contribution is 2.38. The summed E-state index contributed by atoms with van der Waals surface area (Å²) in [6.45, 7) is 0. The van der Waals surface area contributed by atoms with Gasteiger partial charge in [-0.3, -0.25) is 14.4 Å². The summed E-state index contributed by atoms with van der Waals surface area (Å²) in [6, 6.07) is 0. The summed E-state index contributed by atoms with van der Waals surface area (Å²) in [5, 5.41) is 8.63. The fourth-order valence-electron chi connectivity index (χ4n) is 1.98. The highest BCUT2D eigenvalue weighted by Gasteiger charge is 2.48. The van der Waals surface area contributed by atoms with Gasteiger partial charge in [-0.15, -0.1) is 0 Å².